The average molecular weight is 498 g/mol. The fourth-order valence-corrected chi connectivity index (χ4v) is 4.98. The molecule has 0 aliphatic carbocycles. The molecule has 36 heavy (non-hydrogen) atoms. The predicted octanol–water partition coefficient (Wildman–Crippen LogP) is 2.70. The van der Waals surface area contributed by atoms with E-state index in [2.05, 4.69) is 0 Å². The fourth-order valence-electron chi connectivity index (χ4n) is 4.98. The zero-order valence-corrected chi connectivity index (χ0v) is 20.7. The lowest BCUT2D eigenvalue weighted by molar-refractivity contribution is -0.146. The van der Waals surface area contributed by atoms with E-state index in [0.717, 1.165) is 0 Å². The quantitative estimate of drug-likeness (QED) is 0.435. The Kier molecular flexibility index (Phi) is 7.81. The molecule has 2 heterocycles. The van der Waals surface area contributed by atoms with Gasteiger partial charge in [-0.3, -0.25) is 4.90 Å². The molecular weight excluding hydrogens is 466 g/mol. The second-order valence-corrected chi connectivity index (χ2v) is 8.85. The van der Waals surface area contributed by atoms with Crippen LogP contribution in [0, 0.1) is 0 Å². The van der Waals surface area contributed by atoms with Crippen molar-refractivity contribution >= 4 is 18.0 Å². The molecule has 1 N–H and O–H groups in total. The number of benzene rings is 2. The largest absolute Gasteiger partial charge is 0.493 e. The lowest BCUT2D eigenvalue weighted by Gasteiger charge is -2.35. The van der Waals surface area contributed by atoms with E-state index in [4.69, 9.17) is 23.7 Å². The molecule has 192 valence electrons. The molecule has 9 heteroatoms. The number of nitrogens with zero attached hydrogens (tertiary/aromatic N) is 1. The maximum Gasteiger partial charge on any atom is 0.338 e. The molecular formula is C27H31NO8. The van der Waals surface area contributed by atoms with Crippen molar-refractivity contribution in [3.05, 3.63) is 59.7 Å². The number of esters is 2. The maximum absolute atomic E-state index is 12.6. The molecule has 0 spiro atoms. The van der Waals surface area contributed by atoms with Crippen molar-refractivity contribution < 1.29 is 38.4 Å². The van der Waals surface area contributed by atoms with Crippen LogP contribution < -0.4 is 14.2 Å². The number of likely N-dealkylation sites (N-methyl/N-ethyl adjacent to an activating group) is 1. The first-order valence-electron chi connectivity index (χ1n) is 11.7. The van der Waals surface area contributed by atoms with Gasteiger partial charge in [0.1, 0.15) is 18.3 Å². The molecule has 9 nitrogen and oxygen atoms in total. The van der Waals surface area contributed by atoms with Gasteiger partial charge in [-0.2, -0.15) is 0 Å². The average Bonchev–Trinajstić information content (AvgIpc) is 3.01. The van der Waals surface area contributed by atoms with Crippen LogP contribution in [-0.4, -0.2) is 80.7 Å². The molecule has 0 amide bonds. The highest BCUT2D eigenvalue weighted by atomic mass is 16.6. The van der Waals surface area contributed by atoms with Gasteiger partial charge in [0.15, 0.2) is 11.5 Å². The van der Waals surface area contributed by atoms with Crippen molar-refractivity contribution in [3.63, 3.8) is 0 Å². The number of hydrogen-bond donors (Lipinski definition) is 1. The standard InChI is InChI=1S/C27H31NO8/c1-28-19-14-18(15-20(28)25(24(19)30)36-27(31)17-8-6-5-7-9-17)35-23(29)11-10-16-12-21(32-2)26(34-4)22(13-16)33-3/h5-13,18-20,24-25,30H,14-15H2,1-4H3/b11-10+/t18-,19?,20?,24-,25+/m0/s1. The van der Waals surface area contributed by atoms with Crippen LogP contribution in [0.3, 0.4) is 0 Å². The summed E-state index contributed by atoms with van der Waals surface area (Å²) >= 11 is 0. The molecule has 0 aromatic heterocycles. The van der Waals surface area contributed by atoms with Crippen LogP contribution in [0.25, 0.3) is 6.08 Å². The Bertz CT molecular complexity index is 1090. The zero-order chi connectivity index (χ0) is 25.8. The number of carbonyl (C=O) groups excluding carboxylic acids is 2. The van der Waals surface area contributed by atoms with Gasteiger partial charge in [-0.15, -0.1) is 0 Å². The molecule has 0 saturated carbocycles. The normalized spacial score (nSPS) is 25.4. The highest BCUT2D eigenvalue weighted by Crippen LogP contribution is 2.39. The Morgan fingerprint density at radius 2 is 1.58 bits per heavy atom. The maximum atomic E-state index is 12.6. The summed E-state index contributed by atoms with van der Waals surface area (Å²) in [5, 5.41) is 10.9. The monoisotopic (exact) mass is 497 g/mol. The molecule has 2 fully saturated rings. The number of fused-ring (bicyclic) bond motifs is 2. The van der Waals surface area contributed by atoms with Gasteiger partial charge in [0, 0.05) is 25.0 Å². The van der Waals surface area contributed by atoms with Crippen LogP contribution in [0.1, 0.15) is 28.8 Å². The van der Waals surface area contributed by atoms with Gasteiger partial charge in [-0.1, -0.05) is 18.2 Å². The van der Waals surface area contributed by atoms with E-state index >= 15 is 0 Å². The molecule has 0 radical (unpaired) electrons. The first kappa shape index (κ1) is 25.5. The number of ether oxygens (including phenoxy) is 5. The molecule has 4 rings (SSSR count). The lowest BCUT2D eigenvalue weighted by Crippen LogP contribution is -2.46. The molecule has 2 unspecified atom stereocenters. The SMILES string of the molecule is COc1cc(/C=C/C(=O)O[C@@H]2CC3[C@@H](OC(=O)c4ccccc4)[C@@H](O)C(C2)N3C)cc(OC)c1OC. The molecule has 2 bridgehead atoms. The zero-order valence-electron chi connectivity index (χ0n) is 20.7. The summed E-state index contributed by atoms with van der Waals surface area (Å²) in [6, 6.07) is 11.6. The van der Waals surface area contributed by atoms with E-state index in [1.807, 2.05) is 18.0 Å². The topological polar surface area (TPSA) is 104 Å². The molecule has 2 aliphatic heterocycles. The number of aliphatic hydroxyl groups excluding tert-OH is 1. The minimum Gasteiger partial charge on any atom is -0.493 e. The van der Waals surface area contributed by atoms with Crippen molar-refractivity contribution in [3.8, 4) is 17.2 Å². The van der Waals surface area contributed by atoms with Gasteiger partial charge in [0.2, 0.25) is 5.75 Å². The van der Waals surface area contributed by atoms with Gasteiger partial charge < -0.3 is 28.8 Å². The first-order chi connectivity index (χ1) is 17.4. The van der Waals surface area contributed by atoms with E-state index in [0.29, 0.717) is 41.2 Å². The number of carbonyl (C=O) groups is 2. The van der Waals surface area contributed by atoms with Crippen LogP contribution in [0.15, 0.2) is 48.5 Å². The highest BCUT2D eigenvalue weighted by molar-refractivity contribution is 5.89. The predicted molar refractivity (Wildman–Crippen MR) is 131 cm³/mol. The van der Waals surface area contributed by atoms with Gasteiger partial charge in [-0.25, -0.2) is 9.59 Å². The third kappa shape index (κ3) is 5.17. The van der Waals surface area contributed by atoms with Gasteiger partial charge in [0.05, 0.1) is 32.9 Å². The van der Waals surface area contributed by atoms with E-state index < -0.39 is 30.3 Å². The molecule has 2 aromatic carbocycles. The number of hydrogen-bond acceptors (Lipinski definition) is 9. The number of rotatable bonds is 8. The van der Waals surface area contributed by atoms with Crippen molar-refractivity contribution in [2.24, 2.45) is 0 Å². The third-order valence-corrected chi connectivity index (χ3v) is 6.80. The van der Waals surface area contributed by atoms with Crippen LogP contribution in [-0.2, 0) is 14.3 Å². The van der Waals surface area contributed by atoms with Crippen LogP contribution >= 0.6 is 0 Å². The molecule has 2 saturated heterocycles. The van der Waals surface area contributed by atoms with Gasteiger partial charge >= 0.3 is 11.9 Å². The second-order valence-electron chi connectivity index (χ2n) is 8.85. The Labute approximate surface area is 210 Å². The fraction of sp³-hybridized carbons (Fsp3) is 0.407. The van der Waals surface area contributed by atoms with E-state index in [-0.39, 0.29) is 12.1 Å². The van der Waals surface area contributed by atoms with E-state index in [1.54, 1.807) is 42.5 Å². The Balaban J connectivity index is 1.41. The highest BCUT2D eigenvalue weighted by Gasteiger charge is 2.53. The van der Waals surface area contributed by atoms with Gasteiger partial charge in [-0.05, 0) is 43.0 Å². The Morgan fingerprint density at radius 1 is 0.944 bits per heavy atom. The van der Waals surface area contributed by atoms with Crippen molar-refractivity contribution in [1.29, 1.82) is 0 Å². The molecule has 5 atom stereocenters. The van der Waals surface area contributed by atoms with Crippen LogP contribution in [0.5, 0.6) is 17.2 Å². The summed E-state index contributed by atoms with van der Waals surface area (Å²) in [6.07, 6.45) is 1.85. The summed E-state index contributed by atoms with van der Waals surface area (Å²) in [7, 11) is 6.45. The van der Waals surface area contributed by atoms with Gasteiger partial charge in [0.25, 0.3) is 0 Å². The van der Waals surface area contributed by atoms with Crippen molar-refractivity contribution in [1.82, 2.24) is 4.90 Å². The Hall–Kier alpha value is -3.56. The summed E-state index contributed by atoms with van der Waals surface area (Å²) in [6.45, 7) is 0. The van der Waals surface area contributed by atoms with E-state index in [1.165, 1.54) is 27.4 Å². The summed E-state index contributed by atoms with van der Waals surface area (Å²) in [4.78, 5) is 27.2. The molecule has 2 aliphatic rings. The third-order valence-electron chi connectivity index (χ3n) is 6.80. The van der Waals surface area contributed by atoms with Crippen molar-refractivity contribution in [2.45, 2.75) is 43.2 Å². The second kappa shape index (κ2) is 11.0. The van der Waals surface area contributed by atoms with Crippen LogP contribution in [0.2, 0.25) is 0 Å². The van der Waals surface area contributed by atoms with Crippen LogP contribution in [0.4, 0.5) is 0 Å². The number of methoxy groups -OCH3 is 3. The summed E-state index contributed by atoms with van der Waals surface area (Å²) in [5.41, 5.74) is 1.10. The lowest BCUT2D eigenvalue weighted by atomic mass is 10.00. The summed E-state index contributed by atoms with van der Waals surface area (Å²) < 4.78 is 27.4. The summed E-state index contributed by atoms with van der Waals surface area (Å²) in [5.74, 6) is 0.415. The minimum absolute atomic E-state index is 0.261. The smallest absolute Gasteiger partial charge is 0.338 e. The molecule has 2 aromatic rings. The first-order valence-corrected chi connectivity index (χ1v) is 11.7. The van der Waals surface area contributed by atoms with Crippen molar-refractivity contribution in [2.75, 3.05) is 28.4 Å². The van der Waals surface area contributed by atoms with E-state index in [9.17, 15) is 14.7 Å². The number of aliphatic hydroxyl groups is 1. The number of piperidine rings is 1. The minimum atomic E-state index is -0.869. The Morgan fingerprint density at radius 3 is 2.19 bits per heavy atom.